The Balaban J connectivity index is 1.72. The van der Waals surface area contributed by atoms with Crippen LogP contribution in [0.4, 0.5) is 0 Å². The molecule has 118 valence electrons. The number of para-hydroxylation sites is 1. The zero-order valence-corrected chi connectivity index (χ0v) is 13.9. The lowest BCUT2D eigenvalue weighted by Gasteiger charge is -2.41. The molecule has 0 amide bonds. The van der Waals surface area contributed by atoms with Crippen molar-refractivity contribution >= 4 is 0 Å². The van der Waals surface area contributed by atoms with E-state index in [1.165, 1.54) is 22.3 Å². The third-order valence-electron chi connectivity index (χ3n) is 4.89. The van der Waals surface area contributed by atoms with Crippen LogP contribution in [0.25, 0.3) is 0 Å². The van der Waals surface area contributed by atoms with Crippen molar-refractivity contribution in [3.63, 3.8) is 0 Å². The van der Waals surface area contributed by atoms with Crippen LogP contribution in [0.3, 0.4) is 0 Å². The van der Waals surface area contributed by atoms with E-state index in [1.54, 1.807) is 0 Å². The number of rotatable bonds is 2. The summed E-state index contributed by atoms with van der Waals surface area (Å²) in [6.45, 7) is 7.26. The quantitative estimate of drug-likeness (QED) is 0.767. The first-order valence-corrected chi connectivity index (χ1v) is 8.37. The molecule has 2 aromatic rings. The van der Waals surface area contributed by atoms with E-state index in [4.69, 9.17) is 4.74 Å². The Kier molecular flexibility index (Phi) is 3.50. The van der Waals surface area contributed by atoms with Crippen LogP contribution in [0, 0.1) is 0 Å². The van der Waals surface area contributed by atoms with E-state index in [0.29, 0.717) is 0 Å². The molecule has 0 saturated heterocycles. The first-order chi connectivity index (χ1) is 11.2. The molecule has 23 heavy (non-hydrogen) atoms. The number of ether oxygens (including phenoxy) is 1. The van der Waals surface area contributed by atoms with Crippen LogP contribution >= 0.6 is 0 Å². The summed E-state index contributed by atoms with van der Waals surface area (Å²) in [5.74, 6) is 1.05. The van der Waals surface area contributed by atoms with Crippen LogP contribution in [0.5, 0.6) is 5.75 Å². The average Bonchev–Trinajstić information content (AvgIpc) is 2.91. The van der Waals surface area contributed by atoms with Crippen molar-refractivity contribution < 1.29 is 4.74 Å². The second kappa shape index (κ2) is 5.54. The highest BCUT2D eigenvalue weighted by Crippen LogP contribution is 2.45. The first kappa shape index (κ1) is 14.5. The van der Waals surface area contributed by atoms with Crippen LogP contribution in [0.1, 0.15) is 30.5 Å². The molecule has 0 radical (unpaired) electrons. The fourth-order valence-corrected chi connectivity index (χ4v) is 3.83. The molecule has 4 rings (SSSR count). The minimum atomic E-state index is -0.228. The lowest BCUT2D eigenvalue weighted by molar-refractivity contribution is 0.0303. The largest absolute Gasteiger partial charge is 0.481 e. The molecular formula is C21H23NO. The summed E-state index contributed by atoms with van der Waals surface area (Å²) in [5, 5.41) is 0. The van der Waals surface area contributed by atoms with Crippen molar-refractivity contribution in [3.05, 3.63) is 76.9 Å². The number of fused-ring (bicyclic) bond motifs is 3. The van der Waals surface area contributed by atoms with Crippen molar-refractivity contribution in [2.45, 2.75) is 32.4 Å². The lowest BCUT2D eigenvalue weighted by Crippen LogP contribution is -2.48. The van der Waals surface area contributed by atoms with Crippen molar-refractivity contribution in [2.24, 2.45) is 0 Å². The van der Waals surface area contributed by atoms with E-state index in [0.717, 1.165) is 31.8 Å². The fourth-order valence-electron chi connectivity index (χ4n) is 3.83. The van der Waals surface area contributed by atoms with Gasteiger partial charge in [0.05, 0.1) is 0 Å². The van der Waals surface area contributed by atoms with E-state index in [2.05, 4.69) is 73.4 Å². The molecule has 2 aromatic carbocycles. The number of hydrogen-bond acceptors (Lipinski definition) is 2. The van der Waals surface area contributed by atoms with Crippen molar-refractivity contribution in [1.29, 1.82) is 0 Å². The average molecular weight is 305 g/mol. The summed E-state index contributed by atoms with van der Waals surface area (Å²) in [6.07, 6.45) is 3.27. The van der Waals surface area contributed by atoms with Gasteiger partial charge in [0.2, 0.25) is 0 Å². The molecule has 0 bridgehead atoms. The van der Waals surface area contributed by atoms with Gasteiger partial charge in [0.15, 0.2) is 5.60 Å². The van der Waals surface area contributed by atoms with Gasteiger partial charge in [0, 0.05) is 31.6 Å². The minimum Gasteiger partial charge on any atom is -0.481 e. The zero-order valence-electron chi connectivity index (χ0n) is 13.9. The maximum Gasteiger partial charge on any atom is 0.151 e. The van der Waals surface area contributed by atoms with Gasteiger partial charge in [-0.25, -0.2) is 0 Å². The predicted octanol–water partition coefficient (Wildman–Crippen LogP) is 4.30. The van der Waals surface area contributed by atoms with Gasteiger partial charge in [-0.15, -0.1) is 0 Å². The summed E-state index contributed by atoms with van der Waals surface area (Å²) in [6, 6.07) is 17.2. The predicted molar refractivity (Wildman–Crippen MR) is 93.6 cm³/mol. The normalized spacial score (nSPS) is 22.3. The van der Waals surface area contributed by atoms with Crippen LogP contribution in [0.15, 0.2) is 60.2 Å². The van der Waals surface area contributed by atoms with Gasteiger partial charge in [-0.05, 0) is 31.0 Å². The molecule has 0 N–H and O–H groups in total. The molecule has 2 nitrogen and oxygen atoms in total. The van der Waals surface area contributed by atoms with Crippen LogP contribution in [-0.4, -0.2) is 18.0 Å². The molecule has 0 fully saturated rings. The second-order valence-corrected chi connectivity index (χ2v) is 6.99. The van der Waals surface area contributed by atoms with Gasteiger partial charge in [-0.3, -0.25) is 4.90 Å². The van der Waals surface area contributed by atoms with Crippen LogP contribution in [0.2, 0.25) is 0 Å². The molecule has 2 heteroatoms. The monoisotopic (exact) mass is 305 g/mol. The number of benzene rings is 2. The summed E-state index contributed by atoms with van der Waals surface area (Å²) >= 11 is 0. The Morgan fingerprint density at radius 3 is 2.61 bits per heavy atom. The SMILES string of the molecule is CC(C)=CCN1Cc2ccccc2C2(Cc3ccccc3O2)C1. The molecule has 0 aromatic heterocycles. The minimum absolute atomic E-state index is 0.228. The van der Waals surface area contributed by atoms with Gasteiger partial charge in [0.1, 0.15) is 5.75 Å². The molecule has 1 unspecified atom stereocenters. The molecule has 1 spiro atoms. The summed E-state index contributed by atoms with van der Waals surface area (Å²) < 4.78 is 6.54. The van der Waals surface area contributed by atoms with Crippen molar-refractivity contribution in [1.82, 2.24) is 4.90 Å². The highest BCUT2D eigenvalue weighted by atomic mass is 16.5. The Labute approximate surface area is 138 Å². The molecule has 1 atom stereocenters. The van der Waals surface area contributed by atoms with E-state index < -0.39 is 0 Å². The highest BCUT2D eigenvalue weighted by Gasteiger charge is 2.45. The Hall–Kier alpha value is -2.06. The number of nitrogens with zero attached hydrogens (tertiary/aromatic N) is 1. The van der Waals surface area contributed by atoms with Crippen LogP contribution in [-0.2, 0) is 18.6 Å². The Morgan fingerprint density at radius 2 is 1.83 bits per heavy atom. The summed E-state index contributed by atoms with van der Waals surface area (Å²) in [4.78, 5) is 2.50. The molecule has 2 aliphatic rings. The molecule has 0 saturated carbocycles. The van der Waals surface area contributed by atoms with E-state index >= 15 is 0 Å². The maximum absolute atomic E-state index is 6.54. The third-order valence-corrected chi connectivity index (χ3v) is 4.89. The lowest BCUT2D eigenvalue weighted by atomic mass is 9.82. The van der Waals surface area contributed by atoms with Gasteiger partial charge in [0.25, 0.3) is 0 Å². The summed E-state index contributed by atoms with van der Waals surface area (Å²) in [5.41, 5.74) is 5.23. The van der Waals surface area contributed by atoms with Crippen molar-refractivity contribution in [3.8, 4) is 5.75 Å². The van der Waals surface area contributed by atoms with E-state index in [9.17, 15) is 0 Å². The van der Waals surface area contributed by atoms with Crippen molar-refractivity contribution in [2.75, 3.05) is 13.1 Å². The Morgan fingerprint density at radius 1 is 1.09 bits per heavy atom. The molecule has 0 aliphatic carbocycles. The highest BCUT2D eigenvalue weighted by molar-refractivity contribution is 5.46. The smallest absolute Gasteiger partial charge is 0.151 e. The van der Waals surface area contributed by atoms with Crippen LogP contribution < -0.4 is 4.74 Å². The maximum atomic E-state index is 6.54. The summed E-state index contributed by atoms with van der Waals surface area (Å²) in [7, 11) is 0. The second-order valence-electron chi connectivity index (χ2n) is 6.99. The molecule has 2 heterocycles. The fraction of sp³-hybridized carbons (Fsp3) is 0.333. The number of hydrogen-bond donors (Lipinski definition) is 0. The van der Waals surface area contributed by atoms with E-state index in [1.807, 2.05) is 0 Å². The molecular weight excluding hydrogens is 282 g/mol. The van der Waals surface area contributed by atoms with Gasteiger partial charge >= 0.3 is 0 Å². The standard InChI is InChI=1S/C21H23NO/c1-16(2)11-12-22-14-18-8-3-5-9-19(18)21(15-22)13-17-7-4-6-10-20(17)23-21/h3-11H,12-15H2,1-2H3. The van der Waals surface area contributed by atoms with Gasteiger partial charge in [-0.2, -0.15) is 0 Å². The number of allylic oxidation sites excluding steroid dienone is 1. The topological polar surface area (TPSA) is 12.5 Å². The first-order valence-electron chi connectivity index (χ1n) is 8.37. The zero-order chi connectivity index (χ0) is 15.9. The van der Waals surface area contributed by atoms with E-state index in [-0.39, 0.29) is 5.60 Å². The third kappa shape index (κ3) is 2.57. The molecule has 2 aliphatic heterocycles. The van der Waals surface area contributed by atoms with Gasteiger partial charge in [-0.1, -0.05) is 54.1 Å². The Bertz CT molecular complexity index is 733. The van der Waals surface area contributed by atoms with Gasteiger partial charge < -0.3 is 4.74 Å².